The lowest BCUT2D eigenvalue weighted by Crippen LogP contribution is -2.14. The third-order valence-electron chi connectivity index (χ3n) is 4.41. The standard InChI is InChI=1S/C20H20FN3O5S/c1-24-18(14-9-12(28-2)5-8-19(14)29-3)11-17(23-24)20(25)22-16-7-6-13(10-15(16)21)30(4,26)27/h5-11H,1-4H3,(H,22,25). The van der Waals surface area contributed by atoms with Gasteiger partial charge >= 0.3 is 0 Å². The molecule has 30 heavy (non-hydrogen) atoms. The average Bonchev–Trinajstić information content (AvgIpc) is 3.09. The molecule has 8 nitrogen and oxygen atoms in total. The van der Waals surface area contributed by atoms with Gasteiger partial charge in [0.2, 0.25) is 0 Å². The second-order valence-corrected chi connectivity index (χ2v) is 8.49. The Morgan fingerprint density at radius 1 is 1.10 bits per heavy atom. The summed E-state index contributed by atoms with van der Waals surface area (Å²) in [5.41, 5.74) is 1.14. The number of ether oxygens (including phenoxy) is 2. The van der Waals surface area contributed by atoms with Crippen LogP contribution in [-0.2, 0) is 16.9 Å². The number of aromatic nitrogens is 2. The van der Waals surface area contributed by atoms with Crippen LogP contribution < -0.4 is 14.8 Å². The maximum atomic E-state index is 14.3. The first kappa shape index (κ1) is 21.3. The normalized spacial score (nSPS) is 11.2. The molecule has 10 heteroatoms. The van der Waals surface area contributed by atoms with Crippen LogP contribution >= 0.6 is 0 Å². The molecule has 3 aromatic rings. The number of nitrogens with zero attached hydrogens (tertiary/aromatic N) is 2. The molecule has 1 amide bonds. The van der Waals surface area contributed by atoms with Gasteiger partial charge in [0.05, 0.1) is 30.5 Å². The predicted octanol–water partition coefficient (Wildman–Crippen LogP) is 2.90. The van der Waals surface area contributed by atoms with Gasteiger partial charge in [-0.1, -0.05) is 0 Å². The number of amides is 1. The van der Waals surface area contributed by atoms with Crippen molar-refractivity contribution in [2.24, 2.45) is 7.05 Å². The molecule has 0 aliphatic carbocycles. The van der Waals surface area contributed by atoms with Crippen molar-refractivity contribution in [3.8, 4) is 22.8 Å². The molecule has 2 aromatic carbocycles. The van der Waals surface area contributed by atoms with Crippen LogP contribution in [0.25, 0.3) is 11.3 Å². The third kappa shape index (κ3) is 4.28. The maximum absolute atomic E-state index is 14.3. The van der Waals surface area contributed by atoms with Crippen LogP contribution in [0.3, 0.4) is 0 Å². The minimum absolute atomic E-state index is 0.0453. The Hall–Kier alpha value is -3.40. The molecular weight excluding hydrogens is 413 g/mol. The molecule has 158 valence electrons. The van der Waals surface area contributed by atoms with Crippen LogP contribution in [0.4, 0.5) is 10.1 Å². The van der Waals surface area contributed by atoms with Gasteiger partial charge in [0, 0.05) is 18.9 Å². The molecule has 0 saturated carbocycles. The van der Waals surface area contributed by atoms with Gasteiger partial charge in [-0.15, -0.1) is 0 Å². The fourth-order valence-electron chi connectivity index (χ4n) is 2.86. The van der Waals surface area contributed by atoms with Crippen molar-refractivity contribution in [3.05, 3.63) is 54.0 Å². The van der Waals surface area contributed by atoms with E-state index in [0.717, 1.165) is 12.3 Å². The monoisotopic (exact) mass is 433 g/mol. The van der Waals surface area contributed by atoms with Crippen molar-refractivity contribution in [3.63, 3.8) is 0 Å². The number of halogens is 1. The summed E-state index contributed by atoms with van der Waals surface area (Å²) in [6.07, 6.45) is 0.974. The predicted molar refractivity (Wildman–Crippen MR) is 109 cm³/mol. The summed E-state index contributed by atoms with van der Waals surface area (Å²) in [4.78, 5) is 12.4. The molecule has 1 aromatic heterocycles. The topological polar surface area (TPSA) is 99.5 Å². The van der Waals surface area contributed by atoms with Gasteiger partial charge in [0.1, 0.15) is 17.3 Å². The first-order valence-electron chi connectivity index (χ1n) is 8.71. The van der Waals surface area contributed by atoms with Gasteiger partial charge in [-0.05, 0) is 42.5 Å². The average molecular weight is 433 g/mol. The summed E-state index contributed by atoms with van der Waals surface area (Å²) in [7, 11) is 1.17. The number of methoxy groups -OCH3 is 2. The van der Waals surface area contributed by atoms with Gasteiger partial charge in [0.15, 0.2) is 15.5 Å². The van der Waals surface area contributed by atoms with Crippen LogP contribution in [0.2, 0.25) is 0 Å². The highest BCUT2D eigenvalue weighted by Crippen LogP contribution is 2.33. The molecule has 0 saturated heterocycles. The molecule has 0 fully saturated rings. The molecule has 0 atom stereocenters. The highest BCUT2D eigenvalue weighted by atomic mass is 32.2. The van der Waals surface area contributed by atoms with Crippen molar-refractivity contribution in [2.45, 2.75) is 4.90 Å². The van der Waals surface area contributed by atoms with E-state index < -0.39 is 21.6 Å². The van der Waals surface area contributed by atoms with Crippen molar-refractivity contribution >= 4 is 21.4 Å². The summed E-state index contributed by atoms with van der Waals surface area (Å²) in [6, 6.07) is 10.0. The quantitative estimate of drug-likeness (QED) is 0.642. The van der Waals surface area contributed by atoms with Crippen LogP contribution in [0.15, 0.2) is 47.4 Å². The zero-order valence-corrected chi connectivity index (χ0v) is 17.6. The number of hydrogen-bond acceptors (Lipinski definition) is 6. The SMILES string of the molecule is COc1ccc(OC)c(-c2cc(C(=O)Nc3ccc(S(C)(=O)=O)cc3F)nn2C)c1. The van der Waals surface area contributed by atoms with E-state index >= 15 is 0 Å². The van der Waals surface area contributed by atoms with Gasteiger partial charge < -0.3 is 14.8 Å². The Labute approximate surface area is 173 Å². The van der Waals surface area contributed by atoms with E-state index in [9.17, 15) is 17.6 Å². The summed E-state index contributed by atoms with van der Waals surface area (Å²) >= 11 is 0. The lowest BCUT2D eigenvalue weighted by atomic mass is 10.1. The van der Waals surface area contributed by atoms with Gasteiger partial charge in [-0.2, -0.15) is 5.10 Å². The molecular formula is C20H20FN3O5S. The zero-order chi connectivity index (χ0) is 22.1. The number of rotatable bonds is 6. The van der Waals surface area contributed by atoms with Crippen LogP contribution in [-0.4, -0.2) is 44.6 Å². The molecule has 0 bridgehead atoms. The second-order valence-electron chi connectivity index (χ2n) is 6.47. The molecule has 1 heterocycles. The summed E-state index contributed by atoms with van der Waals surface area (Å²) in [6.45, 7) is 0. The maximum Gasteiger partial charge on any atom is 0.276 e. The van der Waals surface area contributed by atoms with Crippen LogP contribution in [0.5, 0.6) is 11.5 Å². The molecule has 0 radical (unpaired) electrons. The van der Waals surface area contributed by atoms with E-state index in [2.05, 4.69) is 10.4 Å². The minimum atomic E-state index is -3.56. The van der Waals surface area contributed by atoms with Crippen LogP contribution in [0, 0.1) is 5.82 Å². The molecule has 0 aliphatic heterocycles. The fraction of sp³-hybridized carbons (Fsp3) is 0.200. The third-order valence-corrected chi connectivity index (χ3v) is 5.52. The summed E-state index contributed by atoms with van der Waals surface area (Å²) < 4.78 is 49.4. The van der Waals surface area contributed by atoms with E-state index in [-0.39, 0.29) is 16.3 Å². The zero-order valence-electron chi connectivity index (χ0n) is 16.8. The lowest BCUT2D eigenvalue weighted by Gasteiger charge is -2.10. The largest absolute Gasteiger partial charge is 0.497 e. The first-order valence-corrected chi connectivity index (χ1v) is 10.6. The van der Waals surface area contributed by atoms with Crippen molar-refractivity contribution in [2.75, 3.05) is 25.8 Å². The van der Waals surface area contributed by atoms with E-state index in [1.54, 1.807) is 25.2 Å². The Morgan fingerprint density at radius 2 is 1.83 bits per heavy atom. The van der Waals surface area contributed by atoms with Crippen molar-refractivity contribution in [1.82, 2.24) is 9.78 Å². The molecule has 0 unspecified atom stereocenters. The number of anilines is 1. The van der Waals surface area contributed by atoms with E-state index in [1.165, 1.54) is 37.1 Å². The summed E-state index contributed by atoms with van der Waals surface area (Å²) in [5.74, 6) is -0.346. The Balaban J connectivity index is 1.92. The Morgan fingerprint density at radius 3 is 2.43 bits per heavy atom. The number of sulfone groups is 1. The van der Waals surface area contributed by atoms with Gasteiger partial charge in [0.25, 0.3) is 5.91 Å². The number of benzene rings is 2. The number of aryl methyl sites for hydroxylation is 1. The van der Waals surface area contributed by atoms with Gasteiger partial charge in [-0.25, -0.2) is 12.8 Å². The molecule has 1 N–H and O–H groups in total. The number of nitrogens with one attached hydrogen (secondary N) is 1. The Bertz CT molecular complexity index is 1220. The van der Waals surface area contributed by atoms with E-state index in [0.29, 0.717) is 22.8 Å². The molecule has 0 spiro atoms. The van der Waals surface area contributed by atoms with Crippen LogP contribution in [0.1, 0.15) is 10.5 Å². The first-order chi connectivity index (χ1) is 14.1. The van der Waals surface area contributed by atoms with E-state index in [1.807, 2.05) is 0 Å². The van der Waals surface area contributed by atoms with Crippen molar-refractivity contribution in [1.29, 1.82) is 0 Å². The summed E-state index contributed by atoms with van der Waals surface area (Å²) in [5, 5.41) is 6.60. The highest BCUT2D eigenvalue weighted by Gasteiger charge is 2.19. The Kier molecular flexibility index (Phi) is 5.79. The molecule has 3 rings (SSSR count). The highest BCUT2D eigenvalue weighted by molar-refractivity contribution is 7.90. The second kappa shape index (κ2) is 8.15. The number of carbonyl (C=O) groups excluding carboxylic acids is 1. The van der Waals surface area contributed by atoms with Gasteiger partial charge in [-0.3, -0.25) is 9.48 Å². The number of carbonyl (C=O) groups is 1. The smallest absolute Gasteiger partial charge is 0.276 e. The van der Waals surface area contributed by atoms with E-state index in [4.69, 9.17) is 9.47 Å². The minimum Gasteiger partial charge on any atom is -0.497 e. The number of hydrogen-bond donors (Lipinski definition) is 1. The lowest BCUT2D eigenvalue weighted by molar-refractivity contribution is 0.102. The van der Waals surface area contributed by atoms with Crippen molar-refractivity contribution < 1.29 is 27.1 Å². The molecule has 0 aliphatic rings. The fourth-order valence-corrected chi connectivity index (χ4v) is 3.49.